The summed E-state index contributed by atoms with van der Waals surface area (Å²) < 4.78 is 13.3. The van der Waals surface area contributed by atoms with Crippen molar-refractivity contribution in [2.24, 2.45) is 0 Å². The van der Waals surface area contributed by atoms with Crippen LogP contribution in [0.5, 0.6) is 0 Å². The lowest BCUT2D eigenvalue weighted by molar-refractivity contribution is 0.0851. The van der Waals surface area contributed by atoms with E-state index in [4.69, 9.17) is 0 Å². The molecule has 5 heteroatoms. The number of amides is 1. The van der Waals surface area contributed by atoms with Gasteiger partial charge in [0.25, 0.3) is 5.91 Å². The highest BCUT2D eigenvalue weighted by molar-refractivity contribution is 6.02. The normalized spacial score (nSPS) is 21.2. The van der Waals surface area contributed by atoms with Gasteiger partial charge >= 0.3 is 0 Å². The Morgan fingerprint density at radius 1 is 1.37 bits per heavy atom. The number of piperidine rings is 1. The summed E-state index contributed by atoms with van der Waals surface area (Å²) in [5.74, 6) is -0.535. The van der Waals surface area contributed by atoms with Crippen LogP contribution in [-0.4, -0.2) is 31.2 Å². The van der Waals surface area contributed by atoms with Crippen LogP contribution < -0.4 is 15.5 Å². The van der Waals surface area contributed by atoms with Crippen molar-refractivity contribution in [3.63, 3.8) is 0 Å². The molecule has 1 amide bonds. The molecule has 0 aromatic heterocycles. The molecule has 2 aliphatic rings. The minimum absolute atomic E-state index is 0.166. The van der Waals surface area contributed by atoms with Crippen molar-refractivity contribution in [3.8, 4) is 0 Å². The summed E-state index contributed by atoms with van der Waals surface area (Å²) in [5.41, 5.74) is 0.961. The number of nitrogens with one attached hydrogen (secondary N) is 2. The van der Waals surface area contributed by atoms with Crippen LogP contribution in [0.3, 0.4) is 0 Å². The quantitative estimate of drug-likeness (QED) is 0.806. The molecule has 0 saturated carbocycles. The molecule has 1 saturated heterocycles. The Balaban J connectivity index is 2.08. The first-order valence-corrected chi connectivity index (χ1v) is 6.77. The van der Waals surface area contributed by atoms with Crippen LogP contribution in [0.4, 0.5) is 10.1 Å². The zero-order chi connectivity index (χ0) is 13.5. The van der Waals surface area contributed by atoms with Gasteiger partial charge in [-0.05, 0) is 38.2 Å². The van der Waals surface area contributed by atoms with E-state index in [0.717, 1.165) is 38.2 Å². The third-order valence-electron chi connectivity index (χ3n) is 4.10. The van der Waals surface area contributed by atoms with Crippen molar-refractivity contribution in [1.29, 1.82) is 0 Å². The first-order chi connectivity index (χ1) is 9.16. The van der Waals surface area contributed by atoms with Crippen LogP contribution in [0, 0.1) is 5.82 Å². The van der Waals surface area contributed by atoms with E-state index in [1.54, 1.807) is 6.07 Å². The van der Waals surface area contributed by atoms with E-state index in [-0.39, 0.29) is 17.4 Å². The Kier molecular flexibility index (Phi) is 2.93. The molecular weight excluding hydrogens is 245 g/mol. The van der Waals surface area contributed by atoms with Crippen molar-refractivity contribution in [1.82, 2.24) is 10.6 Å². The molecule has 0 aliphatic carbocycles. The summed E-state index contributed by atoms with van der Waals surface area (Å²) in [5, 5.41) is 6.41. The number of hydrogen-bond donors (Lipinski definition) is 2. The highest BCUT2D eigenvalue weighted by atomic mass is 19.1. The lowest BCUT2D eigenvalue weighted by Gasteiger charge is -2.51. The predicted molar refractivity (Wildman–Crippen MR) is 71.7 cm³/mol. The standard InChI is InChI=1S/C14H18FN3O/c1-2-18-12-4-3-10(15)9-11(12)13(19)17-14(18)5-7-16-8-6-14/h3-4,9,16H,2,5-8H2,1H3,(H,17,19). The zero-order valence-electron chi connectivity index (χ0n) is 11.0. The molecule has 0 unspecified atom stereocenters. The number of rotatable bonds is 1. The largest absolute Gasteiger partial charge is 0.348 e. The molecule has 102 valence electrons. The number of fused-ring (bicyclic) bond motifs is 1. The van der Waals surface area contributed by atoms with Crippen LogP contribution in [0.2, 0.25) is 0 Å². The first-order valence-electron chi connectivity index (χ1n) is 6.77. The summed E-state index contributed by atoms with van der Waals surface area (Å²) in [4.78, 5) is 14.4. The Hall–Kier alpha value is -1.62. The fourth-order valence-electron chi connectivity index (χ4n) is 3.21. The fraction of sp³-hybridized carbons (Fsp3) is 0.500. The SMILES string of the molecule is CCN1c2ccc(F)cc2C(=O)NC12CCNCC2. The van der Waals surface area contributed by atoms with Crippen molar-refractivity contribution >= 4 is 11.6 Å². The molecule has 19 heavy (non-hydrogen) atoms. The van der Waals surface area contributed by atoms with Crippen LogP contribution in [0.1, 0.15) is 30.1 Å². The van der Waals surface area contributed by atoms with E-state index in [2.05, 4.69) is 22.5 Å². The highest BCUT2D eigenvalue weighted by Gasteiger charge is 2.43. The molecule has 2 heterocycles. The number of carbonyl (C=O) groups excluding carboxylic acids is 1. The summed E-state index contributed by atoms with van der Waals surface area (Å²) in [6, 6.07) is 4.47. The highest BCUT2D eigenvalue weighted by Crippen LogP contribution is 2.36. The molecule has 4 nitrogen and oxygen atoms in total. The molecule has 0 radical (unpaired) electrons. The van der Waals surface area contributed by atoms with Crippen molar-refractivity contribution in [3.05, 3.63) is 29.6 Å². The smallest absolute Gasteiger partial charge is 0.255 e. The molecular formula is C14H18FN3O. The van der Waals surface area contributed by atoms with Crippen molar-refractivity contribution in [2.45, 2.75) is 25.4 Å². The zero-order valence-corrected chi connectivity index (χ0v) is 11.0. The Morgan fingerprint density at radius 2 is 2.11 bits per heavy atom. The van der Waals surface area contributed by atoms with E-state index in [1.807, 2.05) is 0 Å². The van der Waals surface area contributed by atoms with Gasteiger partial charge in [0.1, 0.15) is 11.5 Å². The van der Waals surface area contributed by atoms with E-state index in [9.17, 15) is 9.18 Å². The van der Waals surface area contributed by atoms with Gasteiger partial charge in [-0.3, -0.25) is 4.79 Å². The molecule has 2 aliphatic heterocycles. The lowest BCUT2D eigenvalue weighted by Crippen LogP contribution is -2.67. The van der Waals surface area contributed by atoms with E-state index in [1.165, 1.54) is 12.1 Å². The van der Waals surface area contributed by atoms with Crippen LogP contribution >= 0.6 is 0 Å². The van der Waals surface area contributed by atoms with Gasteiger partial charge in [0.05, 0.1) is 11.3 Å². The summed E-state index contributed by atoms with van der Waals surface area (Å²) in [6.45, 7) is 4.62. The summed E-state index contributed by atoms with van der Waals surface area (Å²) in [7, 11) is 0. The number of anilines is 1. The van der Waals surface area contributed by atoms with Gasteiger partial charge in [-0.2, -0.15) is 0 Å². The first kappa shape index (κ1) is 12.4. The van der Waals surface area contributed by atoms with Gasteiger partial charge in [-0.1, -0.05) is 0 Å². The second-order valence-corrected chi connectivity index (χ2v) is 5.14. The lowest BCUT2D eigenvalue weighted by atomic mass is 9.90. The van der Waals surface area contributed by atoms with Gasteiger partial charge in [0.15, 0.2) is 0 Å². The van der Waals surface area contributed by atoms with Crippen LogP contribution in [-0.2, 0) is 0 Å². The number of halogens is 1. The molecule has 1 aromatic carbocycles. The van der Waals surface area contributed by atoms with Crippen LogP contribution in [0.25, 0.3) is 0 Å². The van der Waals surface area contributed by atoms with Crippen molar-refractivity contribution in [2.75, 3.05) is 24.5 Å². The van der Waals surface area contributed by atoms with Crippen LogP contribution in [0.15, 0.2) is 18.2 Å². The minimum Gasteiger partial charge on any atom is -0.348 e. The Labute approximate surface area is 112 Å². The predicted octanol–water partition coefficient (Wildman–Crippen LogP) is 1.48. The number of nitrogens with zero attached hydrogens (tertiary/aromatic N) is 1. The Bertz CT molecular complexity index is 511. The molecule has 1 fully saturated rings. The maximum Gasteiger partial charge on any atom is 0.255 e. The molecule has 1 spiro atoms. The maximum absolute atomic E-state index is 13.3. The van der Waals surface area contributed by atoms with Gasteiger partial charge in [-0.15, -0.1) is 0 Å². The Morgan fingerprint density at radius 3 is 2.79 bits per heavy atom. The van der Waals surface area contributed by atoms with Crippen molar-refractivity contribution < 1.29 is 9.18 Å². The number of benzene rings is 1. The second kappa shape index (κ2) is 4.49. The van der Waals surface area contributed by atoms with Gasteiger partial charge < -0.3 is 15.5 Å². The minimum atomic E-state index is -0.369. The molecule has 0 bridgehead atoms. The average molecular weight is 263 g/mol. The van der Waals surface area contributed by atoms with E-state index in [0.29, 0.717) is 5.56 Å². The molecule has 0 atom stereocenters. The molecule has 1 aromatic rings. The van der Waals surface area contributed by atoms with Gasteiger partial charge in [0.2, 0.25) is 0 Å². The summed E-state index contributed by atoms with van der Waals surface area (Å²) in [6.07, 6.45) is 1.73. The summed E-state index contributed by atoms with van der Waals surface area (Å²) >= 11 is 0. The number of hydrogen-bond acceptors (Lipinski definition) is 3. The third kappa shape index (κ3) is 1.89. The topological polar surface area (TPSA) is 44.4 Å². The molecule has 3 rings (SSSR count). The monoisotopic (exact) mass is 263 g/mol. The fourth-order valence-corrected chi connectivity index (χ4v) is 3.21. The average Bonchev–Trinajstić information content (AvgIpc) is 2.41. The van der Waals surface area contributed by atoms with E-state index < -0.39 is 0 Å². The van der Waals surface area contributed by atoms with Gasteiger partial charge in [0, 0.05) is 19.4 Å². The maximum atomic E-state index is 13.3. The second-order valence-electron chi connectivity index (χ2n) is 5.14. The number of carbonyl (C=O) groups is 1. The molecule has 2 N–H and O–H groups in total. The van der Waals surface area contributed by atoms with E-state index >= 15 is 0 Å². The third-order valence-corrected chi connectivity index (χ3v) is 4.10. The van der Waals surface area contributed by atoms with Gasteiger partial charge in [-0.25, -0.2) is 4.39 Å².